The molecule has 0 fully saturated rings. The fourth-order valence-electron chi connectivity index (χ4n) is 4.25. The normalized spacial score (nSPS) is 22.5. The van der Waals surface area contributed by atoms with E-state index in [0.717, 1.165) is 24.0 Å². The maximum absolute atomic E-state index is 12.7. The number of allylic oxidation sites excluding steroid dienone is 1. The number of carbonyl (C=O) groups excluding carboxylic acids is 2. The van der Waals surface area contributed by atoms with Gasteiger partial charge in [0.15, 0.2) is 0 Å². The molecule has 1 atom stereocenters. The van der Waals surface area contributed by atoms with Crippen molar-refractivity contribution in [3.8, 4) is 0 Å². The van der Waals surface area contributed by atoms with E-state index >= 15 is 0 Å². The Hall–Kier alpha value is -2.42. The lowest BCUT2D eigenvalue weighted by Gasteiger charge is -2.33. The van der Waals surface area contributed by atoms with Crippen molar-refractivity contribution in [3.63, 3.8) is 0 Å². The van der Waals surface area contributed by atoms with Crippen LogP contribution < -0.4 is 0 Å². The van der Waals surface area contributed by atoms with Crippen LogP contribution in [0.15, 0.2) is 42.0 Å². The van der Waals surface area contributed by atoms with Crippen LogP contribution >= 0.6 is 0 Å². The molecule has 2 aliphatic carbocycles. The molecule has 2 aromatic rings. The van der Waals surface area contributed by atoms with Gasteiger partial charge in [-0.05, 0) is 54.2 Å². The van der Waals surface area contributed by atoms with Gasteiger partial charge in [0.05, 0.1) is 12.0 Å². The predicted molar refractivity (Wildman–Crippen MR) is 93.6 cm³/mol. The highest BCUT2D eigenvalue weighted by Gasteiger charge is 2.49. The molecule has 0 unspecified atom stereocenters. The molecule has 0 saturated heterocycles. The van der Waals surface area contributed by atoms with Crippen LogP contribution in [0.25, 0.3) is 16.3 Å². The highest BCUT2D eigenvalue weighted by molar-refractivity contribution is 6.16. The van der Waals surface area contributed by atoms with Gasteiger partial charge in [-0.3, -0.25) is 4.79 Å². The fourth-order valence-corrected chi connectivity index (χ4v) is 4.25. The van der Waals surface area contributed by atoms with Gasteiger partial charge in [-0.25, -0.2) is 4.79 Å². The van der Waals surface area contributed by atoms with Gasteiger partial charge in [0.25, 0.3) is 0 Å². The second kappa shape index (κ2) is 5.30. The lowest BCUT2D eigenvalue weighted by molar-refractivity contribution is -0.139. The van der Waals surface area contributed by atoms with Crippen molar-refractivity contribution < 1.29 is 14.3 Å². The number of hydrogen-bond donors (Lipinski definition) is 0. The first-order valence-electron chi connectivity index (χ1n) is 8.51. The highest BCUT2D eigenvalue weighted by atomic mass is 16.5. The SMILES string of the molecule is CCOC(=O)C1=C2c3ccc4ccccc4c3CC[C@]2(C)C(=O)C1. The molecule has 4 rings (SSSR count). The average molecular weight is 320 g/mol. The number of ketones is 1. The number of hydrogen-bond acceptors (Lipinski definition) is 3. The molecule has 0 amide bonds. The largest absolute Gasteiger partial charge is 0.463 e. The van der Waals surface area contributed by atoms with E-state index in [0.29, 0.717) is 12.2 Å². The lowest BCUT2D eigenvalue weighted by atomic mass is 9.68. The summed E-state index contributed by atoms with van der Waals surface area (Å²) in [5.41, 5.74) is 3.20. The number of carbonyl (C=O) groups is 2. The molecule has 0 bridgehead atoms. The van der Waals surface area contributed by atoms with Crippen LogP contribution in [0.1, 0.15) is 37.8 Å². The van der Waals surface area contributed by atoms with Gasteiger partial charge in [0, 0.05) is 12.0 Å². The van der Waals surface area contributed by atoms with E-state index in [2.05, 4.69) is 24.3 Å². The van der Waals surface area contributed by atoms with E-state index in [-0.39, 0.29) is 18.2 Å². The van der Waals surface area contributed by atoms with Crippen molar-refractivity contribution in [2.75, 3.05) is 6.61 Å². The molecular weight excluding hydrogens is 300 g/mol. The van der Waals surface area contributed by atoms with Gasteiger partial charge in [-0.15, -0.1) is 0 Å². The van der Waals surface area contributed by atoms with Gasteiger partial charge in [-0.2, -0.15) is 0 Å². The zero-order chi connectivity index (χ0) is 16.9. The molecular formula is C21H20O3. The Balaban J connectivity index is 1.99. The molecule has 0 radical (unpaired) electrons. The number of Topliss-reactive ketones (excluding diaryl/α,β-unsaturated/α-hetero) is 1. The van der Waals surface area contributed by atoms with Crippen molar-refractivity contribution in [1.29, 1.82) is 0 Å². The Bertz CT molecular complexity index is 906. The minimum Gasteiger partial charge on any atom is -0.463 e. The van der Waals surface area contributed by atoms with Crippen molar-refractivity contribution in [1.82, 2.24) is 0 Å². The Morgan fingerprint density at radius 2 is 2.00 bits per heavy atom. The second-order valence-electron chi connectivity index (χ2n) is 6.82. The fraction of sp³-hybridized carbons (Fsp3) is 0.333. The monoisotopic (exact) mass is 320 g/mol. The quantitative estimate of drug-likeness (QED) is 0.783. The second-order valence-corrected chi connectivity index (χ2v) is 6.82. The van der Waals surface area contributed by atoms with Crippen molar-refractivity contribution in [3.05, 3.63) is 53.1 Å². The molecule has 2 aromatic carbocycles. The zero-order valence-electron chi connectivity index (χ0n) is 14.0. The van der Waals surface area contributed by atoms with E-state index in [1.165, 1.54) is 16.3 Å². The van der Waals surface area contributed by atoms with E-state index in [9.17, 15) is 9.59 Å². The number of aryl methyl sites for hydroxylation is 1. The smallest absolute Gasteiger partial charge is 0.334 e. The van der Waals surface area contributed by atoms with Gasteiger partial charge < -0.3 is 4.74 Å². The van der Waals surface area contributed by atoms with Crippen molar-refractivity contribution in [2.45, 2.75) is 33.1 Å². The third-order valence-electron chi connectivity index (χ3n) is 5.51. The first kappa shape index (κ1) is 15.1. The van der Waals surface area contributed by atoms with Crippen LogP contribution in [0, 0.1) is 5.41 Å². The van der Waals surface area contributed by atoms with Crippen LogP contribution in [0.4, 0.5) is 0 Å². The number of rotatable bonds is 2. The van der Waals surface area contributed by atoms with Crippen LogP contribution in [0.2, 0.25) is 0 Å². The van der Waals surface area contributed by atoms with Crippen LogP contribution in [-0.4, -0.2) is 18.4 Å². The summed E-state index contributed by atoms with van der Waals surface area (Å²) < 4.78 is 5.22. The summed E-state index contributed by atoms with van der Waals surface area (Å²) in [5, 5.41) is 2.41. The Labute approximate surface area is 141 Å². The van der Waals surface area contributed by atoms with Gasteiger partial charge in [-0.1, -0.05) is 36.4 Å². The standard InChI is InChI=1S/C21H20O3/c1-3-24-20(23)17-12-18(22)21(2)11-10-15-14-7-5-4-6-13(14)8-9-16(15)19(17)21/h4-9H,3,10-12H2,1-2H3/t21-/m1/s1. The Morgan fingerprint density at radius 3 is 2.79 bits per heavy atom. The van der Waals surface area contributed by atoms with Gasteiger partial charge in [0.1, 0.15) is 5.78 Å². The molecule has 0 aromatic heterocycles. The maximum atomic E-state index is 12.7. The summed E-state index contributed by atoms with van der Waals surface area (Å²) in [4.78, 5) is 25.1. The molecule has 0 N–H and O–H groups in total. The first-order valence-corrected chi connectivity index (χ1v) is 8.51. The predicted octanol–water partition coefficient (Wildman–Crippen LogP) is 4.08. The zero-order valence-corrected chi connectivity index (χ0v) is 14.0. The summed E-state index contributed by atoms with van der Waals surface area (Å²) in [6.07, 6.45) is 1.81. The third-order valence-corrected chi connectivity index (χ3v) is 5.51. The number of ether oxygens (including phenoxy) is 1. The van der Waals surface area contributed by atoms with E-state index < -0.39 is 5.41 Å². The average Bonchev–Trinajstić information content (AvgIpc) is 2.86. The van der Waals surface area contributed by atoms with Gasteiger partial charge >= 0.3 is 5.97 Å². The molecule has 0 spiro atoms. The van der Waals surface area contributed by atoms with Gasteiger partial charge in [0.2, 0.25) is 0 Å². The molecule has 0 aliphatic heterocycles. The molecule has 122 valence electrons. The van der Waals surface area contributed by atoms with Crippen molar-refractivity contribution >= 4 is 28.1 Å². The van der Waals surface area contributed by atoms with Crippen molar-refractivity contribution in [2.24, 2.45) is 5.41 Å². The minimum atomic E-state index is -0.558. The van der Waals surface area contributed by atoms with E-state index in [1.54, 1.807) is 6.92 Å². The van der Waals surface area contributed by atoms with Crippen LogP contribution in [-0.2, 0) is 20.7 Å². The molecule has 3 nitrogen and oxygen atoms in total. The van der Waals surface area contributed by atoms with E-state index in [4.69, 9.17) is 4.74 Å². The Kier molecular flexibility index (Phi) is 3.34. The Morgan fingerprint density at radius 1 is 1.21 bits per heavy atom. The van der Waals surface area contributed by atoms with Crippen LogP contribution in [0.5, 0.6) is 0 Å². The summed E-state index contributed by atoms with van der Waals surface area (Å²) in [6.45, 7) is 4.10. The maximum Gasteiger partial charge on any atom is 0.334 e. The minimum absolute atomic E-state index is 0.138. The topological polar surface area (TPSA) is 43.4 Å². The number of benzene rings is 2. The molecule has 0 saturated carbocycles. The molecule has 3 heteroatoms. The summed E-state index contributed by atoms with van der Waals surface area (Å²) >= 11 is 0. The third kappa shape index (κ3) is 1.97. The summed E-state index contributed by atoms with van der Waals surface area (Å²) in [5.74, 6) is -0.204. The molecule has 2 aliphatic rings. The van der Waals surface area contributed by atoms with E-state index in [1.807, 2.05) is 19.1 Å². The number of esters is 1. The molecule has 0 heterocycles. The summed E-state index contributed by atoms with van der Waals surface area (Å²) in [7, 11) is 0. The molecule has 24 heavy (non-hydrogen) atoms. The lowest BCUT2D eigenvalue weighted by Crippen LogP contribution is -2.29. The highest BCUT2D eigenvalue weighted by Crippen LogP contribution is 2.53. The van der Waals surface area contributed by atoms with Crippen LogP contribution in [0.3, 0.4) is 0 Å². The first-order chi connectivity index (χ1) is 11.6. The number of fused-ring (bicyclic) bond motifs is 5. The summed E-state index contributed by atoms with van der Waals surface area (Å²) in [6, 6.07) is 12.4.